The molecule has 3 aromatic rings. The van der Waals surface area contributed by atoms with Crippen LogP contribution in [0.3, 0.4) is 0 Å². The number of fused-ring (bicyclic) bond motifs is 3. The van der Waals surface area contributed by atoms with Crippen molar-refractivity contribution in [3.8, 4) is 11.1 Å². The second kappa shape index (κ2) is 9.94. The molecule has 1 aliphatic rings. The van der Waals surface area contributed by atoms with Crippen molar-refractivity contribution in [1.82, 2.24) is 26.0 Å². The number of carboxylic acids is 1. The third kappa shape index (κ3) is 5.17. The smallest absolute Gasteiger partial charge is 0.407 e. The fourth-order valence-electron chi connectivity index (χ4n) is 3.95. The lowest BCUT2D eigenvalue weighted by Gasteiger charge is -2.18. The first-order valence-corrected chi connectivity index (χ1v) is 10.5. The van der Waals surface area contributed by atoms with Gasteiger partial charge in [0.25, 0.3) is 0 Å². The van der Waals surface area contributed by atoms with Crippen LogP contribution < -0.4 is 10.6 Å². The van der Waals surface area contributed by atoms with Crippen molar-refractivity contribution in [2.75, 3.05) is 13.2 Å². The molecule has 0 aliphatic heterocycles. The molecule has 1 heterocycles. The van der Waals surface area contributed by atoms with Crippen LogP contribution in [0.2, 0.25) is 0 Å². The van der Waals surface area contributed by atoms with E-state index in [2.05, 4.69) is 26.0 Å². The van der Waals surface area contributed by atoms with Crippen molar-refractivity contribution in [3.63, 3.8) is 0 Å². The van der Waals surface area contributed by atoms with Crippen LogP contribution in [0.15, 0.2) is 54.7 Å². The molecule has 10 heteroatoms. The molecule has 0 saturated carbocycles. The van der Waals surface area contributed by atoms with E-state index in [0.717, 1.165) is 22.3 Å². The predicted octanol–water partition coefficient (Wildman–Crippen LogP) is 1.85. The number of hydrogen-bond acceptors (Lipinski definition) is 6. The molecule has 0 saturated heterocycles. The summed E-state index contributed by atoms with van der Waals surface area (Å²) in [7, 11) is 0. The number of ether oxygens (including phenoxy) is 1. The van der Waals surface area contributed by atoms with Crippen LogP contribution in [0.5, 0.6) is 0 Å². The summed E-state index contributed by atoms with van der Waals surface area (Å²) in [5.74, 6) is -1.97. The molecular formula is C23H23N5O5. The van der Waals surface area contributed by atoms with Crippen molar-refractivity contribution >= 4 is 18.0 Å². The third-order valence-corrected chi connectivity index (χ3v) is 5.48. The Labute approximate surface area is 189 Å². The van der Waals surface area contributed by atoms with Crippen LogP contribution >= 0.6 is 0 Å². The number of aromatic nitrogens is 3. The molecule has 4 N–H and O–H groups in total. The summed E-state index contributed by atoms with van der Waals surface area (Å²) in [6.07, 6.45) is 0.512. The molecule has 0 bridgehead atoms. The molecule has 1 aromatic heterocycles. The van der Waals surface area contributed by atoms with Crippen LogP contribution in [0.4, 0.5) is 4.79 Å². The van der Waals surface area contributed by atoms with Gasteiger partial charge >= 0.3 is 12.1 Å². The highest BCUT2D eigenvalue weighted by molar-refractivity contribution is 5.89. The number of carboxylic acid groups (broad SMARTS) is 1. The van der Waals surface area contributed by atoms with E-state index >= 15 is 0 Å². The number of benzene rings is 2. The van der Waals surface area contributed by atoms with E-state index in [4.69, 9.17) is 9.84 Å². The van der Waals surface area contributed by atoms with E-state index in [9.17, 15) is 14.4 Å². The van der Waals surface area contributed by atoms with Crippen LogP contribution in [0, 0.1) is 0 Å². The fourth-order valence-corrected chi connectivity index (χ4v) is 3.95. The maximum absolute atomic E-state index is 12.5. The normalized spacial score (nSPS) is 13.0. The molecule has 1 unspecified atom stereocenters. The summed E-state index contributed by atoms with van der Waals surface area (Å²) in [6, 6.07) is 14.6. The molecule has 2 aromatic carbocycles. The van der Waals surface area contributed by atoms with Gasteiger partial charge in [0.1, 0.15) is 12.6 Å². The number of aliphatic carboxylic acids is 1. The molecule has 2 amide bonds. The minimum Gasteiger partial charge on any atom is -0.481 e. The molecule has 4 rings (SSSR count). The Bertz CT molecular complexity index is 1100. The van der Waals surface area contributed by atoms with Crippen molar-refractivity contribution in [3.05, 3.63) is 71.5 Å². The molecule has 170 valence electrons. The van der Waals surface area contributed by atoms with E-state index < -0.39 is 30.4 Å². The Morgan fingerprint density at radius 3 is 2.33 bits per heavy atom. The number of nitrogens with zero attached hydrogens (tertiary/aromatic N) is 2. The lowest BCUT2D eigenvalue weighted by Crippen LogP contribution is -2.48. The zero-order valence-corrected chi connectivity index (χ0v) is 17.7. The molecule has 33 heavy (non-hydrogen) atoms. The van der Waals surface area contributed by atoms with Crippen molar-refractivity contribution in [2.45, 2.75) is 24.8 Å². The lowest BCUT2D eigenvalue weighted by atomic mass is 9.98. The predicted molar refractivity (Wildman–Crippen MR) is 117 cm³/mol. The van der Waals surface area contributed by atoms with Crippen LogP contribution in [0.1, 0.15) is 29.2 Å². The van der Waals surface area contributed by atoms with Gasteiger partial charge in [0, 0.05) is 18.9 Å². The van der Waals surface area contributed by atoms with Gasteiger partial charge in [-0.15, -0.1) is 0 Å². The number of rotatable bonds is 9. The first-order valence-electron chi connectivity index (χ1n) is 10.5. The first-order chi connectivity index (χ1) is 16.0. The molecule has 1 atom stereocenters. The molecule has 0 spiro atoms. The lowest BCUT2D eigenvalue weighted by molar-refractivity contribution is -0.139. The zero-order valence-electron chi connectivity index (χ0n) is 17.7. The zero-order chi connectivity index (χ0) is 23.2. The Kier molecular flexibility index (Phi) is 6.63. The second-order valence-corrected chi connectivity index (χ2v) is 7.62. The van der Waals surface area contributed by atoms with E-state index in [1.54, 1.807) is 0 Å². The Hall–Kier alpha value is -4.21. The van der Waals surface area contributed by atoms with Gasteiger partial charge in [-0.2, -0.15) is 15.4 Å². The summed E-state index contributed by atoms with van der Waals surface area (Å²) in [5, 5.41) is 24.1. The quantitative estimate of drug-likeness (QED) is 0.390. The standard InChI is InChI=1S/C23H23N5O5/c29-21(30)11-20(22(31)24-10-9-14-12-25-28-27-14)26-23(32)33-13-19-17-7-3-1-5-15(17)16-6-2-4-8-18(16)19/h1-8,12,19-20H,9-11,13H2,(H,24,31)(H,26,32)(H,29,30)(H,25,27,28). The second-order valence-electron chi connectivity index (χ2n) is 7.62. The van der Waals surface area contributed by atoms with E-state index in [1.807, 2.05) is 48.5 Å². The maximum Gasteiger partial charge on any atom is 0.407 e. The van der Waals surface area contributed by atoms with Gasteiger partial charge in [-0.25, -0.2) is 4.79 Å². The van der Waals surface area contributed by atoms with Crippen LogP contribution in [-0.2, 0) is 20.7 Å². The van der Waals surface area contributed by atoms with Gasteiger partial charge in [0.05, 0.1) is 18.3 Å². The molecule has 1 aliphatic carbocycles. The number of nitrogens with one attached hydrogen (secondary N) is 3. The summed E-state index contributed by atoms with van der Waals surface area (Å²) in [5.41, 5.74) is 4.95. The van der Waals surface area contributed by atoms with Gasteiger partial charge in [-0.3, -0.25) is 9.59 Å². The van der Waals surface area contributed by atoms with Gasteiger partial charge in [0.2, 0.25) is 5.91 Å². The number of amides is 2. The van der Waals surface area contributed by atoms with E-state index in [0.29, 0.717) is 12.1 Å². The first kappa shape index (κ1) is 22.0. The summed E-state index contributed by atoms with van der Waals surface area (Å²) >= 11 is 0. The minimum absolute atomic E-state index is 0.0629. The summed E-state index contributed by atoms with van der Waals surface area (Å²) in [6.45, 7) is 0.279. The van der Waals surface area contributed by atoms with Crippen molar-refractivity contribution in [1.29, 1.82) is 0 Å². The highest BCUT2D eigenvalue weighted by atomic mass is 16.5. The highest BCUT2D eigenvalue weighted by Gasteiger charge is 2.30. The molecular weight excluding hydrogens is 426 g/mol. The van der Waals surface area contributed by atoms with E-state index in [-0.39, 0.29) is 19.1 Å². The Morgan fingerprint density at radius 2 is 1.73 bits per heavy atom. The highest BCUT2D eigenvalue weighted by Crippen LogP contribution is 2.44. The van der Waals surface area contributed by atoms with Gasteiger partial charge < -0.3 is 20.5 Å². The van der Waals surface area contributed by atoms with Gasteiger partial charge in [0.15, 0.2) is 0 Å². The van der Waals surface area contributed by atoms with Crippen molar-refractivity contribution in [2.24, 2.45) is 0 Å². The SMILES string of the molecule is O=C(O)CC(NC(=O)OCC1c2ccccc2-c2ccccc21)C(=O)NCCc1cn[nH]n1. The van der Waals surface area contributed by atoms with Gasteiger partial charge in [-0.1, -0.05) is 48.5 Å². The van der Waals surface area contributed by atoms with Crippen LogP contribution in [0.25, 0.3) is 11.1 Å². The number of carbonyl (C=O) groups excluding carboxylic acids is 2. The Balaban J connectivity index is 1.35. The average Bonchev–Trinajstić information content (AvgIpc) is 3.43. The Morgan fingerprint density at radius 1 is 1.06 bits per heavy atom. The molecule has 0 radical (unpaired) electrons. The monoisotopic (exact) mass is 449 g/mol. The number of hydrogen-bond donors (Lipinski definition) is 4. The third-order valence-electron chi connectivity index (χ3n) is 5.48. The number of alkyl carbamates (subject to hydrolysis) is 1. The number of aromatic amines is 1. The number of H-pyrrole nitrogens is 1. The average molecular weight is 449 g/mol. The number of carbonyl (C=O) groups is 3. The summed E-state index contributed by atoms with van der Waals surface area (Å²) in [4.78, 5) is 36.1. The topological polar surface area (TPSA) is 146 Å². The largest absolute Gasteiger partial charge is 0.481 e. The van der Waals surface area contributed by atoms with Crippen LogP contribution in [-0.4, -0.2) is 57.7 Å². The molecule has 10 nitrogen and oxygen atoms in total. The summed E-state index contributed by atoms with van der Waals surface area (Å²) < 4.78 is 5.42. The van der Waals surface area contributed by atoms with E-state index in [1.165, 1.54) is 6.20 Å². The maximum atomic E-state index is 12.5. The fraction of sp³-hybridized carbons (Fsp3) is 0.261. The van der Waals surface area contributed by atoms with Crippen molar-refractivity contribution < 1.29 is 24.2 Å². The molecule has 0 fully saturated rings. The minimum atomic E-state index is -1.27. The van der Waals surface area contributed by atoms with Gasteiger partial charge in [-0.05, 0) is 22.3 Å².